The molecule has 1 aliphatic rings. The first kappa shape index (κ1) is 12.3. The zero-order chi connectivity index (χ0) is 12.4. The molecule has 1 N–H and O–H groups in total. The summed E-state index contributed by atoms with van der Waals surface area (Å²) in [5.41, 5.74) is 5.01. The first-order valence-electron chi connectivity index (χ1n) is 6.35. The zero-order valence-electron chi connectivity index (χ0n) is 11.0. The second kappa shape index (κ2) is 5.01. The fourth-order valence-electron chi connectivity index (χ4n) is 2.57. The number of Topliss-reactive ketones (excluding diaryl/α,β-unsaturated/α-hetero) is 1. The van der Waals surface area contributed by atoms with Crippen molar-refractivity contribution < 1.29 is 4.79 Å². The van der Waals surface area contributed by atoms with Crippen LogP contribution in [0.15, 0.2) is 12.1 Å². The van der Waals surface area contributed by atoms with Crippen LogP contribution in [-0.2, 0) is 11.2 Å². The Bertz CT molecular complexity index is 410. The lowest BCUT2D eigenvalue weighted by molar-refractivity contribution is -0.119. The van der Waals surface area contributed by atoms with Crippen molar-refractivity contribution in [3.63, 3.8) is 0 Å². The van der Waals surface area contributed by atoms with Crippen molar-refractivity contribution >= 4 is 5.78 Å². The van der Waals surface area contributed by atoms with Crippen LogP contribution in [0.4, 0.5) is 0 Å². The van der Waals surface area contributed by atoms with E-state index in [9.17, 15) is 4.79 Å². The monoisotopic (exact) mass is 231 g/mol. The van der Waals surface area contributed by atoms with E-state index in [0.29, 0.717) is 18.1 Å². The lowest BCUT2D eigenvalue weighted by Gasteiger charge is -2.26. The Morgan fingerprint density at radius 1 is 1.24 bits per heavy atom. The van der Waals surface area contributed by atoms with Gasteiger partial charge in [0.15, 0.2) is 0 Å². The summed E-state index contributed by atoms with van der Waals surface area (Å²) in [5, 5.41) is 3.21. The fraction of sp³-hybridized carbons (Fsp3) is 0.533. The van der Waals surface area contributed by atoms with Gasteiger partial charge in [0.25, 0.3) is 0 Å². The number of carbonyl (C=O) groups is 1. The minimum Gasteiger partial charge on any atom is -0.316 e. The zero-order valence-corrected chi connectivity index (χ0v) is 11.0. The van der Waals surface area contributed by atoms with Crippen LogP contribution in [0, 0.1) is 26.7 Å². The number of nitrogens with one attached hydrogen (secondary N) is 1. The summed E-state index contributed by atoms with van der Waals surface area (Å²) in [7, 11) is 0. The van der Waals surface area contributed by atoms with Crippen molar-refractivity contribution in [3.8, 4) is 0 Å². The first-order valence-corrected chi connectivity index (χ1v) is 6.35. The highest BCUT2D eigenvalue weighted by atomic mass is 16.1. The molecule has 1 aromatic rings. The molecule has 92 valence electrons. The van der Waals surface area contributed by atoms with E-state index in [0.717, 1.165) is 19.5 Å². The normalized spacial score (nSPS) is 15.7. The smallest absolute Gasteiger partial charge is 0.137 e. The maximum absolute atomic E-state index is 12.0. The predicted octanol–water partition coefficient (Wildman–Crippen LogP) is 2.33. The molecule has 0 unspecified atom stereocenters. The number of rotatable bonds is 4. The standard InChI is InChI=1S/C15H21NO/c1-10-4-11(2)15(12(3)5-10)7-14(17)6-13-8-16-9-13/h4-5,13,16H,6-9H2,1-3H3. The van der Waals surface area contributed by atoms with E-state index in [1.807, 2.05) is 0 Å². The third kappa shape index (κ3) is 2.95. The molecule has 1 heterocycles. The number of carbonyl (C=O) groups excluding carboxylic acids is 1. The lowest BCUT2D eigenvalue weighted by Crippen LogP contribution is -2.43. The molecular weight excluding hydrogens is 210 g/mol. The Morgan fingerprint density at radius 3 is 2.29 bits per heavy atom. The maximum atomic E-state index is 12.0. The average molecular weight is 231 g/mol. The number of hydrogen-bond acceptors (Lipinski definition) is 2. The molecular formula is C15H21NO. The molecule has 0 radical (unpaired) electrons. The van der Waals surface area contributed by atoms with Gasteiger partial charge in [0.1, 0.15) is 5.78 Å². The SMILES string of the molecule is Cc1cc(C)c(CC(=O)CC2CNC2)c(C)c1. The van der Waals surface area contributed by atoms with Gasteiger partial charge in [0.2, 0.25) is 0 Å². The second-order valence-corrected chi connectivity index (χ2v) is 5.32. The van der Waals surface area contributed by atoms with Crippen molar-refractivity contribution in [2.24, 2.45) is 5.92 Å². The average Bonchev–Trinajstić information content (AvgIpc) is 2.17. The Hall–Kier alpha value is -1.15. The van der Waals surface area contributed by atoms with Crippen LogP contribution in [-0.4, -0.2) is 18.9 Å². The molecule has 2 nitrogen and oxygen atoms in total. The molecule has 1 saturated heterocycles. The molecule has 0 aliphatic carbocycles. The number of hydrogen-bond donors (Lipinski definition) is 1. The van der Waals surface area contributed by atoms with Gasteiger partial charge in [-0.1, -0.05) is 17.7 Å². The van der Waals surface area contributed by atoms with E-state index in [1.54, 1.807) is 0 Å². The summed E-state index contributed by atoms with van der Waals surface area (Å²) in [6.45, 7) is 8.34. The summed E-state index contributed by atoms with van der Waals surface area (Å²) in [6.07, 6.45) is 1.34. The van der Waals surface area contributed by atoms with Crippen LogP contribution in [0.3, 0.4) is 0 Å². The first-order chi connectivity index (χ1) is 8.06. The van der Waals surface area contributed by atoms with Crippen LogP contribution in [0.2, 0.25) is 0 Å². The van der Waals surface area contributed by atoms with Gasteiger partial charge in [-0.2, -0.15) is 0 Å². The highest BCUT2D eigenvalue weighted by Gasteiger charge is 2.20. The largest absolute Gasteiger partial charge is 0.316 e. The molecule has 17 heavy (non-hydrogen) atoms. The number of ketones is 1. The third-order valence-electron chi connectivity index (χ3n) is 3.60. The van der Waals surface area contributed by atoms with Crippen LogP contribution >= 0.6 is 0 Å². The minimum absolute atomic E-state index is 0.381. The van der Waals surface area contributed by atoms with E-state index < -0.39 is 0 Å². The molecule has 0 spiro atoms. The number of benzene rings is 1. The van der Waals surface area contributed by atoms with Crippen molar-refractivity contribution in [1.29, 1.82) is 0 Å². The van der Waals surface area contributed by atoms with Gasteiger partial charge in [-0.15, -0.1) is 0 Å². The maximum Gasteiger partial charge on any atom is 0.137 e. The Kier molecular flexibility index (Phi) is 3.63. The Balaban J connectivity index is 2.04. The molecule has 0 aromatic heterocycles. The van der Waals surface area contributed by atoms with E-state index in [-0.39, 0.29) is 0 Å². The van der Waals surface area contributed by atoms with Gasteiger partial charge in [0, 0.05) is 12.8 Å². The van der Waals surface area contributed by atoms with Crippen LogP contribution < -0.4 is 5.32 Å². The molecule has 2 rings (SSSR count). The molecule has 0 amide bonds. The van der Waals surface area contributed by atoms with E-state index in [4.69, 9.17) is 0 Å². The summed E-state index contributed by atoms with van der Waals surface area (Å²) < 4.78 is 0. The van der Waals surface area contributed by atoms with Gasteiger partial charge in [-0.25, -0.2) is 0 Å². The predicted molar refractivity (Wildman–Crippen MR) is 70.3 cm³/mol. The van der Waals surface area contributed by atoms with E-state index >= 15 is 0 Å². The molecule has 1 aliphatic heterocycles. The van der Waals surface area contributed by atoms with Crippen molar-refractivity contribution in [3.05, 3.63) is 34.4 Å². The number of aryl methyl sites for hydroxylation is 3. The summed E-state index contributed by atoms with van der Waals surface area (Å²) in [4.78, 5) is 12.0. The van der Waals surface area contributed by atoms with E-state index in [2.05, 4.69) is 38.2 Å². The van der Waals surface area contributed by atoms with Crippen LogP contribution in [0.25, 0.3) is 0 Å². The molecule has 1 fully saturated rings. The molecule has 2 heteroatoms. The second-order valence-electron chi connectivity index (χ2n) is 5.32. The van der Waals surface area contributed by atoms with Gasteiger partial charge in [-0.3, -0.25) is 4.79 Å². The quantitative estimate of drug-likeness (QED) is 0.861. The van der Waals surface area contributed by atoms with Crippen molar-refractivity contribution in [1.82, 2.24) is 5.32 Å². The molecule has 0 atom stereocenters. The Labute approximate surface area is 103 Å². The highest BCUT2D eigenvalue weighted by Crippen LogP contribution is 2.19. The van der Waals surface area contributed by atoms with Crippen molar-refractivity contribution in [2.45, 2.75) is 33.6 Å². The van der Waals surface area contributed by atoms with Gasteiger partial charge in [0.05, 0.1) is 0 Å². The molecule has 1 aromatic carbocycles. The summed E-state index contributed by atoms with van der Waals surface area (Å²) in [5.74, 6) is 0.958. The lowest BCUT2D eigenvalue weighted by atomic mass is 9.90. The summed E-state index contributed by atoms with van der Waals surface area (Å²) in [6, 6.07) is 4.33. The van der Waals surface area contributed by atoms with Gasteiger partial charge in [-0.05, 0) is 56.5 Å². The Morgan fingerprint density at radius 2 is 1.82 bits per heavy atom. The minimum atomic E-state index is 0.381. The van der Waals surface area contributed by atoms with Gasteiger partial charge >= 0.3 is 0 Å². The third-order valence-corrected chi connectivity index (χ3v) is 3.60. The van der Waals surface area contributed by atoms with Crippen molar-refractivity contribution in [2.75, 3.05) is 13.1 Å². The van der Waals surface area contributed by atoms with E-state index in [1.165, 1.54) is 22.3 Å². The van der Waals surface area contributed by atoms with Crippen LogP contribution in [0.1, 0.15) is 28.7 Å². The topological polar surface area (TPSA) is 29.1 Å². The molecule has 0 saturated carbocycles. The molecule has 0 bridgehead atoms. The van der Waals surface area contributed by atoms with Crippen LogP contribution in [0.5, 0.6) is 0 Å². The van der Waals surface area contributed by atoms with Gasteiger partial charge < -0.3 is 5.32 Å². The summed E-state index contributed by atoms with van der Waals surface area (Å²) >= 11 is 0. The fourth-order valence-corrected chi connectivity index (χ4v) is 2.57. The highest BCUT2D eigenvalue weighted by molar-refractivity contribution is 5.82.